The number of H-pyrrole nitrogens is 1. The third-order valence-electron chi connectivity index (χ3n) is 4.86. The number of fused-ring (bicyclic) bond motifs is 2. The lowest BCUT2D eigenvalue weighted by Crippen LogP contribution is -2.14. The molecule has 0 fully saturated rings. The van der Waals surface area contributed by atoms with E-state index in [4.69, 9.17) is 4.74 Å². The van der Waals surface area contributed by atoms with Gasteiger partial charge in [0.1, 0.15) is 5.69 Å². The van der Waals surface area contributed by atoms with Crippen LogP contribution >= 0.6 is 0 Å². The zero-order valence-electron chi connectivity index (χ0n) is 16.6. The number of hydrogen-bond donors (Lipinski definition) is 2. The molecular formula is C22H22N4O3. The number of nitrogens with one attached hydrogen (secondary N) is 2. The number of esters is 1. The van der Waals surface area contributed by atoms with Gasteiger partial charge in [-0.25, -0.2) is 9.78 Å². The molecule has 0 spiro atoms. The van der Waals surface area contributed by atoms with Crippen molar-refractivity contribution in [2.75, 3.05) is 19.1 Å². The number of ether oxygens (including phenoxy) is 1. The average Bonchev–Trinajstić information content (AvgIpc) is 3.09. The highest BCUT2D eigenvalue weighted by Crippen LogP contribution is 2.29. The van der Waals surface area contributed by atoms with Gasteiger partial charge in [0.05, 0.1) is 29.2 Å². The predicted molar refractivity (Wildman–Crippen MR) is 114 cm³/mol. The van der Waals surface area contributed by atoms with Crippen molar-refractivity contribution in [3.05, 3.63) is 64.1 Å². The number of nitrogens with zero attached hydrogens (tertiary/aromatic N) is 2. The van der Waals surface area contributed by atoms with Gasteiger partial charge in [0.15, 0.2) is 0 Å². The molecule has 7 heteroatoms. The van der Waals surface area contributed by atoms with Crippen LogP contribution in [-0.4, -0.2) is 34.3 Å². The molecule has 0 aliphatic heterocycles. The fourth-order valence-electron chi connectivity index (χ4n) is 3.40. The molecule has 0 atom stereocenters. The summed E-state index contributed by atoms with van der Waals surface area (Å²) in [5.41, 5.74) is 7.73. The highest BCUT2D eigenvalue weighted by atomic mass is 16.5. The van der Waals surface area contributed by atoms with E-state index >= 15 is 0 Å². The van der Waals surface area contributed by atoms with Crippen LogP contribution in [0.4, 0.5) is 0 Å². The molecule has 7 nitrogen and oxygen atoms in total. The van der Waals surface area contributed by atoms with Crippen molar-refractivity contribution in [3.63, 3.8) is 0 Å². The van der Waals surface area contributed by atoms with Gasteiger partial charge < -0.3 is 15.1 Å². The fraction of sp³-hybridized carbons (Fsp3) is 0.227. The Kier molecular flexibility index (Phi) is 4.80. The number of methoxy groups -OCH3 is 1. The van der Waals surface area contributed by atoms with Crippen LogP contribution in [0.15, 0.2) is 47.4 Å². The van der Waals surface area contributed by atoms with Crippen molar-refractivity contribution in [2.24, 2.45) is 0 Å². The number of aryl methyl sites for hydroxylation is 1. The molecule has 0 radical (unpaired) electrons. The number of hydrogen-bond acceptors (Lipinski definition) is 5. The molecule has 148 valence electrons. The summed E-state index contributed by atoms with van der Waals surface area (Å²) in [6.45, 7) is 4.82. The first-order chi connectivity index (χ1) is 14.0. The summed E-state index contributed by atoms with van der Waals surface area (Å²) in [7, 11) is 1.35. The summed E-state index contributed by atoms with van der Waals surface area (Å²) in [5, 5.41) is 0.751. The van der Waals surface area contributed by atoms with E-state index in [1.54, 1.807) is 12.1 Å². The van der Waals surface area contributed by atoms with Crippen LogP contribution in [0.25, 0.3) is 33.2 Å². The minimum absolute atomic E-state index is 0.278. The van der Waals surface area contributed by atoms with Crippen LogP contribution in [0.5, 0.6) is 0 Å². The smallest absolute Gasteiger partial charge is 0.337 e. The molecule has 0 bridgehead atoms. The zero-order chi connectivity index (χ0) is 20.5. The molecule has 2 aromatic heterocycles. The van der Waals surface area contributed by atoms with E-state index < -0.39 is 5.97 Å². The zero-order valence-corrected chi connectivity index (χ0v) is 16.6. The lowest BCUT2D eigenvalue weighted by atomic mass is 10.1. The standard InChI is InChI=1S/C22H22N4O3/c1-4-9-23-26-12-16(15-11-14(22(28)29-3)6-8-19(15)26)20-21(27)25-17-7-5-13(2)10-18(17)24-20/h5-8,10-12,23H,4,9H2,1-3H3,(H,25,27). The van der Waals surface area contributed by atoms with E-state index in [0.29, 0.717) is 27.9 Å². The summed E-state index contributed by atoms with van der Waals surface area (Å²) in [5.74, 6) is -0.428. The van der Waals surface area contributed by atoms with Gasteiger partial charge in [-0.3, -0.25) is 9.47 Å². The number of aromatic amines is 1. The molecule has 0 unspecified atom stereocenters. The molecule has 0 aliphatic rings. The summed E-state index contributed by atoms with van der Waals surface area (Å²) in [4.78, 5) is 32.4. The van der Waals surface area contributed by atoms with Gasteiger partial charge in [-0.1, -0.05) is 13.0 Å². The minimum atomic E-state index is -0.428. The van der Waals surface area contributed by atoms with Crippen LogP contribution in [0.1, 0.15) is 29.3 Å². The highest BCUT2D eigenvalue weighted by Gasteiger charge is 2.17. The van der Waals surface area contributed by atoms with Crippen molar-refractivity contribution >= 4 is 27.9 Å². The number of carbonyl (C=O) groups is 1. The van der Waals surface area contributed by atoms with E-state index in [0.717, 1.165) is 29.4 Å². The van der Waals surface area contributed by atoms with Gasteiger partial charge in [-0.2, -0.15) is 0 Å². The van der Waals surface area contributed by atoms with Gasteiger partial charge in [0.25, 0.3) is 5.56 Å². The Balaban J connectivity index is 1.98. The first kappa shape index (κ1) is 18.7. The van der Waals surface area contributed by atoms with Gasteiger partial charge in [0, 0.05) is 23.7 Å². The van der Waals surface area contributed by atoms with Crippen LogP contribution < -0.4 is 11.0 Å². The lowest BCUT2D eigenvalue weighted by molar-refractivity contribution is 0.0601. The lowest BCUT2D eigenvalue weighted by Gasteiger charge is -2.07. The SMILES string of the molecule is CCCNn1cc(-c2nc3cc(C)ccc3[nH]c2=O)c2cc(C(=O)OC)ccc21. The Morgan fingerprint density at radius 3 is 2.83 bits per heavy atom. The van der Waals surface area contributed by atoms with Crippen molar-refractivity contribution in [1.29, 1.82) is 0 Å². The van der Waals surface area contributed by atoms with Crippen molar-refractivity contribution < 1.29 is 9.53 Å². The topological polar surface area (TPSA) is 89.0 Å². The Morgan fingerprint density at radius 1 is 1.24 bits per heavy atom. The number of carbonyl (C=O) groups excluding carboxylic acids is 1. The predicted octanol–water partition coefficient (Wildman–Crippen LogP) is 3.59. The van der Waals surface area contributed by atoms with Crippen molar-refractivity contribution in [2.45, 2.75) is 20.3 Å². The Bertz CT molecular complexity index is 1290. The quantitative estimate of drug-likeness (QED) is 0.508. The van der Waals surface area contributed by atoms with Gasteiger partial charge in [-0.15, -0.1) is 0 Å². The fourth-order valence-corrected chi connectivity index (χ4v) is 3.40. The van der Waals surface area contributed by atoms with E-state index in [9.17, 15) is 9.59 Å². The van der Waals surface area contributed by atoms with E-state index in [-0.39, 0.29) is 5.56 Å². The number of aromatic nitrogens is 3. The third-order valence-corrected chi connectivity index (χ3v) is 4.86. The molecule has 4 aromatic rings. The number of rotatable bonds is 5. The molecule has 0 aliphatic carbocycles. The largest absolute Gasteiger partial charge is 0.465 e. The van der Waals surface area contributed by atoms with Crippen molar-refractivity contribution in [3.8, 4) is 11.3 Å². The molecular weight excluding hydrogens is 368 g/mol. The monoisotopic (exact) mass is 390 g/mol. The molecule has 4 rings (SSSR count). The van der Waals surface area contributed by atoms with Gasteiger partial charge >= 0.3 is 5.97 Å². The summed E-state index contributed by atoms with van der Waals surface area (Å²) < 4.78 is 6.72. The maximum atomic E-state index is 12.8. The third kappa shape index (κ3) is 3.35. The molecule has 0 saturated heterocycles. The van der Waals surface area contributed by atoms with Crippen LogP contribution in [0, 0.1) is 6.92 Å². The van der Waals surface area contributed by atoms with E-state index in [1.807, 2.05) is 42.1 Å². The highest BCUT2D eigenvalue weighted by molar-refractivity contribution is 6.01. The van der Waals surface area contributed by atoms with Gasteiger partial charge in [0.2, 0.25) is 0 Å². The second kappa shape index (κ2) is 7.43. The van der Waals surface area contributed by atoms with Crippen LogP contribution in [0.2, 0.25) is 0 Å². The Morgan fingerprint density at radius 2 is 2.07 bits per heavy atom. The normalized spacial score (nSPS) is 11.1. The summed E-state index contributed by atoms with van der Waals surface area (Å²) in [6.07, 6.45) is 2.80. The summed E-state index contributed by atoms with van der Waals surface area (Å²) >= 11 is 0. The second-order valence-electron chi connectivity index (χ2n) is 6.98. The first-order valence-electron chi connectivity index (χ1n) is 9.50. The van der Waals surface area contributed by atoms with E-state index in [1.165, 1.54) is 7.11 Å². The molecule has 29 heavy (non-hydrogen) atoms. The first-order valence-corrected chi connectivity index (χ1v) is 9.50. The average molecular weight is 390 g/mol. The van der Waals surface area contributed by atoms with Crippen LogP contribution in [-0.2, 0) is 4.74 Å². The summed E-state index contributed by atoms with van der Waals surface area (Å²) in [6, 6.07) is 11.0. The van der Waals surface area contributed by atoms with Gasteiger partial charge in [-0.05, 0) is 49.2 Å². The molecule has 2 aromatic carbocycles. The Hall–Kier alpha value is -3.61. The Labute approximate surface area is 167 Å². The minimum Gasteiger partial charge on any atom is -0.465 e. The molecule has 2 N–H and O–H groups in total. The molecule has 2 heterocycles. The van der Waals surface area contributed by atoms with Crippen LogP contribution in [0.3, 0.4) is 0 Å². The molecule has 0 amide bonds. The van der Waals surface area contributed by atoms with Crippen molar-refractivity contribution in [1.82, 2.24) is 14.6 Å². The van der Waals surface area contributed by atoms with E-state index in [2.05, 4.69) is 22.3 Å². The maximum absolute atomic E-state index is 12.8. The number of benzene rings is 2. The molecule has 0 saturated carbocycles. The maximum Gasteiger partial charge on any atom is 0.337 e. The second-order valence-corrected chi connectivity index (χ2v) is 6.98.